The largest absolute Gasteiger partial charge is 0.399 e. The van der Waals surface area contributed by atoms with Gasteiger partial charge in [0.1, 0.15) is 11.9 Å². The molecule has 0 atom stereocenters. The number of nitriles is 1. The number of rotatable bonds is 4. The van der Waals surface area contributed by atoms with Gasteiger partial charge in [0.25, 0.3) is 0 Å². The SMILES string of the molecule is CCN(Cc1ccc(F)c(C#N)c1)c1cccc(N)c1. The summed E-state index contributed by atoms with van der Waals surface area (Å²) in [5.74, 6) is -0.483. The zero-order chi connectivity index (χ0) is 14.5. The molecule has 0 aromatic heterocycles. The van der Waals surface area contributed by atoms with Crippen LogP contribution in [0, 0.1) is 17.1 Å². The quantitative estimate of drug-likeness (QED) is 0.866. The molecule has 0 aliphatic heterocycles. The van der Waals surface area contributed by atoms with E-state index in [2.05, 4.69) is 4.90 Å². The van der Waals surface area contributed by atoms with Crippen LogP contribution in [0.5, 0.6) is 0 Å². The van der Waals surface area contributed by atoms with Crippen LogP contribution in [0.2, 0.25) is 0 Å². The van der Waals surface area contributed by atoms with Gasteiger partial charge in [0, 0.05) is 24.5 Å². The second kappa shape index (κ2) is 6.07. The van der Waals surface area contributed by atoms with Crippen molar-refractivity contribution >= 4 is 11.4 Å². The zero-order valence-electron chi connectivity index (χ0n) is 11.3. The summed E-state index contributed by atoms with van der Waals surface area (Å²) in [6, 6.07) is 14.1. The molecule has 0 heterocycles. The number of benzene rings is 2. The van der Waals surface area contributed by atoms with E-state index >= 15 is 0 Å². The minimum atomic E-state index is -0.483. The van der Waals surface area contributed by atoms with E-state index in [1.807, 2.05) is 37.3 Å². The molecule has 0 aliphatic carbocycles. The third kappa shape index (κ3) is 3.07. The fraction of sp³-hybridized carbons (Fsp3) is 0.188. The first-order chi connectivity index (χ1) is 9.63. The molecule has 0 amide bonds. The van der Waals surface area contributed by atoms with Crippen molar-refractivity contribution in [2.45, 2.75) is 13.5 Å². The topological polar surface area (TPSA) is 53.0 Å². The van der Waals surface area contributed by atoms with Gasteiger partial charge >= 0.3 is 0 Å². The van der Waals surface area contributed by atoms with Crippen molar-refractivity contribution in [1.82, 2.24) is 0 Å². The van der Waals surface area contributed by atoms with Crippen molar-refractivity contribution in [3.8, 4) is 6.07 Å². The maximum atomic E-state index is 13.3. The lowest BCUT2D eigenvalue weighted by Gasteiger charge is -2.23. The van der Waals surface area contributed by atoms with Crippen LogP contribution in [0.1, 0.15) is 18.1 Å². The third-order valence-corrected chi connectivity index (χ3v) is 3.14. The Balaban J connectivity index is 2.25. The van der Waals surface area contributed by atoms with E-state index in [4.69, 9.17) is 11.0 Å². The standard InChI is InChI=1S/C16H16FN3/c1-2-20(15-5-3-4-14(19)9-15)11-12-6-7-16(17)13(8-12)10-18/h3-9H,2,11,19H2,1H3. The van der Waals surface area contributed by atoms with E-state index in [9.17, 15) is 4.39 Å². The second-order valence-corrected chi connectivity index (χ2v) is 4.54. The van der Waals surface area contributed by atoms with Gasteiger partial charge in [-0.3, -0.25) is 0 Å². The number of hydrogen-bond donors (Lipinski definition) is 1. The summed E-state index contributed by atoms with van der Waals surface area (Å²) in [6.07, 6.45) is 0. The number of hydrogen-bond acceptors (Lipinski definition) is 3. The average Bonchev–Trinajstić information content (AvgIpc) is 2.46. The maximum absolute atomic E-state index is 13.3. The summed E-state index contributed by atoms with van der Waals surface area (Å²) in [4.78, 5) is 2.12. The van der Waals surface area contributed by atoms with Crippen LogP contribution in [0.3, 0.4) is 0 Å². The van der Waals surface area contributed by atoms with Gasteiger partial charge in [-0.25, -0.2) is 4.39 Å². The van der Waals surface area contributed by atoms with Crippen LogP contribution in [-0.4, -0.2) is 6.54 Å². The Morgan fingerprint density at radius 2 is 2.05 bits per heavy atom. The molecule has 0 fully saturated rings. The normalized spacial score (nSPS) is 10.1. The molecule has 0 radical (unpaired) electrons. The molecule has 4 heteroatoms. The Bertz CT molecular complexity index is 646. The first-order valence-electron chi connectivity index (χ1n) is 6.43. The van der Waals surface area contributed by atoms with Crippen molar-refractivity contribution in [2.24, 2.45) is 0 Å². The Kier molecular flexibility index (Phi) is 4.21. The Morgan fingerprint density at radius 3 is 2.70 bits per heavy atom. The van der Waals surface area contributed by atoms with Gasteiger partial charge in [0.15, 0.2) is 0 Å². The summed E-state index contributed by atoms with van der Waals surface area (Å²) in [5.41, 5.74) is 8.48. The molecule has 2 rings (SSSR count). The van der Waals surface area contributed by atoms with E-state index in [0.29, 0.717) is 12.2 Å². The van der Waals surface area contributed by atoms with Crippen molar-refractivity contribution in [1.29, 1.82) is 5.26 Å². The Hall–Kier alpha value is -2.54. The van der Waals surface area contributed by atoms with Crippen LogP contribution in [0.15, 0.2) is 42.5 Å². The summed E-state index contributed by atoms with van der Waals surface area (Å²) in [5, 5.41) is 8.87. The molecule has 0 bridgehead atoms. The zero-order valence-corrected chi connectivity index (χ0v) is 11.3. The molecule has 2 aromatic rings. The maximum Gasteiger partial charge on any atom is 0.140 e. The predicted molar refractivity (Wildman–Crippen MR) is 78.7 cm³/mol. The minimum Gasteiger partial charge on any atom is -0.399 e. The second-order valence-electron chi connectivity index (χ2n) is 4.54. The highest BCUT2D eigenvalue weighted by molar-refractivity contribution is 5.56. The highest BCUT2D eigenvalue weighted by Crippen LogP contribution is 2.20. The molecule has 0 spiro atoms. The molecular formula is C16H16FN3. The highest BCUT2D eigenvalue weighted by atomic mass is 19.1. The van der Waals surface area contributed by atoms with E-state index < -0.39 is 5.82 Å². The predicted octanol–water partition coefficient (Wildman–Crippen LogP) is 3.31. The minimum absolute atomic E-state index is 0.0751. The number of nitrogen functional groups attached to an aromatic ring is 1. The van der Waals surface area contributed by atoms with Crippen LogP contribution in [-0.2, 0) is 6.54 Å². The number of halogens is 1. The van der Waals surface area contributed by atoms with E-state index in [0.717, 1.165) is 17.8 Å². The van der Waals surface area contributed by atoms with Crippen LogP contribution in [0.4, 0.5) is 15.8 Å². The van der Waals surface area contributed by atoms with E-state index in [1.54, 1.807) is 12.1 Å². The lowest BCUT2D eigenvalue weighted by molar-refractivity contribution is 0.622. The molecule has 2 aromatic carbocycles. The molecule has 0 saturated heterocycles. The van der Waals surface area contributed by atoms with Crippen molar-refractivity contribution in [2.75, 3.05) is 17.2 Å². The van der Waals surface area contributed by atoms with Gasteiger partial charge in [-0.2, -0.15) is 5.26 Å². The van der Waals surface area contributed by atoms with E-state index in [1.165, 1.54) is 6.07 Å². The van der Waals surface area contributed by atoms with E-state index in [-0.39, 0.29) is 5.56 Å². The fourth-order valence-corrected chi connectivity index (χ4v) is 2.08. The molecule has 20 heavy (non-hydrogen) atoms. The molecule has 0 saturated carbocycles. The summed E-state index contributed by atoms with van der Waals surface area (Å²) >= 11 is 0. The lowest BCUT2D eigenvalue weighted by Crippen LogP contribution is -2.22. The van der Waals surface area contributed by atoms with Gasteiger partial charge < -0.3 is 10.6 Å². The molecule has 0 aliphatic rings. The van der Waals surface area contributed by atoms with Gasteiger partial charge in [-0.15, -0.1) is 0 Å². The van der Waals surface area contributed by atoms with Gasteiger partial charge in [-0.1, -0.05) is 12.1 Å². The monoisotopic (exact) mass is 269 g/mol. The van der Waals surface area contributed by atoms with Crippen LogP contribution < -0.4 is 10.6 Å². The number of anilines is 2. The van der Waals surface area contributed by atoms with Gasteiger partial charge in [0.05, 0.1) is 5.56 Å². The van der Waals surface area contributed by atoms with Gasteiger partial charge in [0.2, 0.25) is 0 Å². The molecule has 3 nitrogen and oxygen atoms in total. The number of nitrogens with zero attached hydrogens (tertiary/aromatic N) is 2. The molecule has 102 valence electrons. The Labute approximate surface area is 118 Å². The average molecular weight is 269 g/mol. The molecule has 2 N–H and O–H groups in total. The van der Waals surface area contributed by atoms with Crippen LogP contribution in [0.25, 0.3) is 0 Å². The molecule has 0 unspecified atom stereocenters. The smallest absolute Gasteiger partial charge is 0.140 e. The summed E-state index contributed by atoms with van der Waals surface area (Å²) < 4.78 is 13.3. The first kappa shape index (κ1) is 13.9. The van der Waals surface area contributed by atoms with Crippen molar-refractivity contribution in [3.63, 3.8) is 0 Å². The number of nitrogens with two attached hydrogens (primary N) is 1. The first-order valence-corrected chi connectivity index (χ1v) is 6.43. The van der Waals surface area contributed by atoms with Crippen molar-refractivity contribution in [3.05, 3.63) is 59.4 Å². The Morgan fingerprint density at radius 1 is 1.25 bits per heavy atom. The fourth-order valence-electron chi connectivity index (χ4n) is 2.08. The van der Waals surface area contributed by atoms with Crippen LogP contribution >= 0.6 is 0 Å². The summed E-state index contributed by atoms with van der Waals surface area (Å²) in [7, 11) is 0. The molecular weight excluding hydrogens is 253 g/mol. The van der Waals surface area contributed by atoms with Crippen molar-refractivity contribution < 1.29 is 4.39 Å². The third-order valence-electron chi connectivity index (χ3n) is 3.14. The highest BCUT2D eigenvalue weighted by Gasteiger charge is 2.08. The lowest BCUT2D eigenvalue weighted by atomic mass is 10.1. The summed E-state index contributed by atoms with van der Waals surface area (Å²) in [6.45, 7) is 3.44. The van der Waals surface area contributed by atoms with Gasteiger partial charge in [-0.05, 0) is 42.8 Å².